The lowest BCUT2D eigenvalue weighted by molar-refractivity contribution is 0.00597. The van der Waals surface area contributed by atoms with Gasteiger partial charge in [0.05, 0.1) is 5.69 Å². The Balaban J connectivity index is 2.68. The van der Waals surface area contributed by atoms with Crippen molar-refractivity contribution >= 4 is 5.97 Å². The largest absolute Gasteiger partial charge is 0.508 e. The SMILES string of the molecule is Cc1c(C(=O)OC(C)(C)C)nn(-c2ccc(O)cc2)c(=O)c1C#N. The number of nitriles is 1. The third-order valence-corrected chi connectivity index (χ3v) is 3.13. The van der Waals surface area contributed by atoms with Gasteiger partial charge in [0.1, 0.15) is 23.0 Å². The molecule has 124 valence electrons. The van der Waals surface area contributed by atoms with E-state index in [2.05, 4.69) is 5.10 Å². The Morgan fingerprint density at radius 3 is 2.38 bits per heavy atom. The van der Waals surface area contributed by atoms with Gasteiger partial charge in [-0.25, -0.2) is 4.79 Å². The standard InChI is InChI=1S/C17H17N3O4/c1-10-13(9-18)15(22)20(11-5-7-12(21)8-6-11)19-14(10)16(23)24-17(2,3)4/h5-8,21H,1-4H3. The van der Waals surface area contributed by atoms with Gasteiger partial charge in [-0.15, -0.1) is 0 Å². The molecule has 0 aliphatic heterocycles. The van der Waals surface area contributed by atoms with Crippen molar-refractivity contribution in [3.05, 3.63) is 51.4 Å². The lowest BCUT2D eigenvalue weighted by Gasteiger charge is -2.20. The zero-order valence-electron chi connectivity index (χ0n) is 13.8. The molecule has 0 amide bonds. The molecule has 7 nitrogen and oxygen atoms in total. The predicted octanol–water partition coefficient (Wildman–Crippen LogP) is 2.07. The highest BCUT2D eigenvalue weighted by molar-refractivity contribution is 5.89. The van der Waals surface area contributed by atoms with E-state index in [1.54, 1.807) is 20.8 Å². The number of hydrogen-bond donors (Lipinski definition) is 1. The third-order valence-electron chi connectivity index (χ3n) is 3.13. The molecule has 0 atom stereocenters. The molecule has 0 fully saturated rings. The molecule has 0 unspecified atom stereocenters. The summed E-state index contributed by atoms with van der Waals surface area (Å²) < 4.78 is 6.24. The van der Waals surface area contributed by atoms with E-state index < -0.39 is 17.1 Å². The second kappa shape index (κ2) is 6.16. The highest BCUT2D eigenvalue weighted by Gasteiger charge is 2.25. The van der Waals surface area contributed by atoms with Crippen LogP contribution >= 0.6 is 0 Å². The number of carbonyl (C=O) groups excluding carboxylic acids is 1. The Hall–Kier alpha value is -3.14. The van der Waals surface area contributed by atoms with Crippen molar-refractivity contribution in [2.75, 3.05) is 0 Å². The van der Waals surface area contributed by atoms with Gasteiger partial charge in [-0.3, -0.25) is 4.79 Å². The maximum absolute atomic E-state index is 12.4. The molecule has 0 bridgehead atoms. The molecule has 0 saturated heterocycles. The van der Waals surface area contributed by atoms with Crippen LogP contribution in [0.4, 0.5) is 0 Å². The molecule has 0 aliphatic rings. The van der Waals surface area contributed by atoms with Gasteiger partial charge in [-0.1, -0.05) is 0 Å². The van der Waals surface area contributed by atoms with Gasteiger partial charge in [-0.05, 0) is 52.0 Å². The first-order valence-corrected chi connectivity index (χ1v) is 7.21. The Morgan fingerprint density at radius 2 is 1.88 bits per heavy atom. The van der Waals surface area contributed by atoms with Crippen LogP contribution in [-0.4, -0.2) is 26.5 Å². The first kappa shape index (κ1) is 17.2. The molecule has 7 heteroatoms. The van der Waals surface area contributed by atoms with Crippen molar-refractivity contribution < 1.29 is 14.6 Å². The van der Waals surface area contributed by atoms with Crippen LogP contribution in [0.2, 0.25) is 0 Å². The number of phenols is 1. The molecule has 0 spiro atoms. The molecule has 1 aromatic carbocycles. The zero-order valence-corrected chi connectivity index (χ0v) is 13.8. The second-order valence-electron chi connectivity index (χ2n) is 6.20. The molecule has 1 aromatic heterocycles. The fourth-order valence-corrected chi connectivity index (χ4v) is 2.03. The number of aromatic hydroxyl groups is 1. The van der Waals surface area contributed by atoms with Crippen LogP contribution in [0.3, 0.4) is 0 Å². The van der Waals surface area contributed by atoms with Gasteiger partial charge < -0.3 is 9.84 Å². The van der Waals surface area contributed by atoms with Gasteiger partial charge in [0.25, 0.3) is 5.56 Å². The molecular weight excluding hydrogens is 310 g/mol. The fourth-order valence-electron chi connectivity index (χ4n) is 2.03. The molecule has 1 N–H and O–H groups in total. The van der Waals surface area contributed by atoms with E-state index in [1.165, 1.54) is 31.2 Å². The van der Waals surface area contributed by atoms with Gasteiger partial charge in [0.15, 0.2) is 5.69 Å². The summed E-state index contributed by atoms with van der Waals surface area (Å²) >= 11 is 0. The highest BCUT2D eigenvalue weighted by Crippen LogP contribution is 2.16. The van der Waals surface area contributed by atoms with Crippen molar-refractivity contribution in [3.8, 4) is 17.5 Å². The maximum Gasteiger partial charge on any atom is 0.359 e. The van der Waals surface area contributed by atoms with E-state index in [1.807, 2.05) is 6.07 Å². The zero-order chi connectivity index (χ0) is 18.1. The Labute approximate surface area is 138 Å². The fraction of sp³-hybridized carbons (Fsp3) is 0.294. The normalized spacial score (nSPS) is 11.0. The minimum absolute atomic E-state index is 0.0202. The van der Waals surface area contributed by atoms with Crippen LogP contribution in [0.5, 0.6) is 5.75 Å². The summed E-state index contributed by atoms with van der Waals surface area (Å²) in [6, 6.07) is 7.48. The molecule has 1 heterocycles. The van der Waals surface area contributed by atoms with Crippen molar-refractivity contribution in [1.82, 2.24) is 9.78 Å². The topological polar surface area (TPSA) is 105 Å². The predicted molar refractivity (Wildman–Crippen MR) is 86.1 cm³/mol. The first-order valence-electron chi connectivity index (χ1n) is 7.21. The Morgan fingerprint density at radius 1 is 1.29 bits per heavy atom. The van der Waals surface area contributed by atoms with Crippen LogP contribution in [0.25, 0.3) is 5.69 Å². The van der Waals surface area contributed by atoms with Crippen LogP contribution in [0.15, 0.2) is 29.1 Å². The molecule has 0 saturated carbocycles. The molecule has 2 rings (SSSR count). The quantitative estimate of drug-likeness (QED) is 0.847. The average Bonchev–Trinajstić information content (AvgIpc) is 2.47. The number of phenolic OH excluding ortho intramolecular Hbond substituents is 1. The summed E-state index contributed by atoms with van der Waals surface area (Å²) in [6.07, 6.45) is 0. The summed E-state index contributed by atoms with van der Waals surface area (Å²) in [5, 5.41) is 22.7. The summed E-state index contributed by atoms with van der Waals surface area (Å²) in [7, 11) is 0. The summed E-state index contributed by atoms with van der Waals surface area (Å²) in [5.74, 6) is -0.698. The summed E-state index contributed by atoms with van der Waals surface area (Å²) in [4.78, 5) is 24.8. The van der Waals surface area contributed by atoms with Gasteiger partial charge >= 0.3 is 5.97 Å². The van der Waals surface area contributed by atoms with E-state index in [9.17, 15) is 20.0 Å². The number of aromatic nitrogens is 2. The number of benzene rings is 1. The minimum atomic E-state index is -0.739. The number of carbonyl (C=O) groups is 1. The Bertz CT molecular complexity index is 884. The minimum Gasteiger partial charge on any atom is -0.508 e. The van der Waals surface area contributed by atoms with E-state index in [-0.39, 0.29) is 22.6 Å². The smallest absolute Gasteiger partial charge is 0.359 e. The van der Waals surface area contributed by atoms with Crippen LogP contribution in [0, 0.1) is 18.3 Å². The molecule has 0 radical (unpaired) electrons. The molecule has 24 heavy (non-hydrogen) atoms. The first-order chi connectivity index (χ1) is 11.1. The molecule has 0 aliphatic carbocycles. The lowest BCUT2D eigenvalue weighted by Crippen LogP contribution is -2.31. The number of hydrogen-bond acceptors (Lipinski definition) is 6. The van der Waals surface area contributed by atoms with E-state index in [0.29, 0.717) is 5.69 Å². The molecule has 2 aromatic rings. The van der Waals surface area contributed by atoms with Crippen molar-refractivity contribution in [3.63, 3.8) is 0 Å². The van der Waals surface area contributed by atoms with Crippen molar-refractivity contribution in [2.45, 2.75) is 33.3 Å². The second-order valence-corrected chi connectivity index (χ2v) is 6.20. The Kier molecular flexibility index (Phi) is 4.42. The number of rotatable bonds is 2. The van der Waals surface area contributed by atoms with Crippen LogP contribution in [-0.2, 0) is 4.74 Å². The molecular formula is C17H17N3O4. The van der Waals surface area contributed by atoms with E-state index in [4.69, 9.17) is 4.74 Å². The monoisotopic (exact) mass is 327 g/mol. The third kappa shape index (κ3) is 3.43. The maximum atomic E-state index is 12.4. The van der Waals surface area contributed by atoms with Crippen molar-refractivity contribution in [2.24, 2.45) is 0 Å². The summed E-state index contributed by atoms with van der Waals surface area (Å²) in [5.41, 5.74) is -1.18. The number of esters is 1. The van der Waals surface area contributed by atoms with E-state index in [0.717, 1.165) is 4.68 Å². The lowest BCUT2D eigenvalue weighted by atomic mass is 10.1. The average molecular weight is 327 g/mol. The van der Waals surface area contributed by atoms with E-state index >= 15 is 0 Å². The van der Waals surface area contributed by atoms with Crippen LogP contribution in [0.1, 0.15) is 42.4 Å². The van der Waals surface area contributed by atoms with Gasteiger partial charge in [0.2, 0.25) is 0 Å². The van der Waals surface area contributed by atoms with Crippen LogP contribution < -0.4 is 5.56 Å². The van der Waals surface area contributed by atoms with Gasteiger partial charge in [-0.2, -0.15) is 15.0 Å². The summed E-state index contributed by atoms with van der Waals surface area (Å²) in [6.45, 7) is 6.61. The van der Waals surface area contributed by atoms with Crippen molar-refractivity contribution in [1.29, 1.82) is 5.26 Å². The highest BCUT2D eigenvalue weighted by atomic mass is 16.6. The number of nitrogens with zero attached hydrogens (tertiary/aromatic N) is 3. The number of ether oxygens (including phenoxy) is 1. The van der Waals surface area contributed by atoms with Gasteiger partial charge in [0, 0.05) is 5.56 Å².